The van der Waals surface area contributed by atoms with Crippen molar-refractivity contribution < 1.29 is 4.74 Å². The summed E-state index contributed by atoms with van der Waals surface area (Å²) in [6, 6.07) is 9.14. The van der Waals surface area contributed by atoms with Gasteiger partial charge in [0.05, 0.1) is 5.69 Å². The molecule has 1 aromatic heterocycles. The van der Waals surface area contributed by atoms with Gasteiger partial charge >= 0.3 is 0 Å². The molecule has 0 amide bonds. The highest BCUT2D eigenvalue weighted by Gasteiger charge is 2.14. The second-order valence-corrected chi connectivity index (χ2v) is 5.09. The Morgan fingerprint density at radius 2 is 2.00 bits per heavy atom. The third-order valence-corrected chi connectivity index (χ3v) is 4.03. The van der Waals surface area contributed by atoms with E-state index in [1.54, 1.807) is 0 Å². The van der Waals surface area contributed by atoms with Gasteiger partial charge in [-0.2, -0.15) is 0 Å². The van der Waals surface area contributed by atoms with Crippen LogP contribution in [0.25, 0.3) is 10.1 Å². The molecule has 0 spiro atoms. The highest BCUT2D eigenvalue weighted by Crippen LogP contribution is 2.31. The Morgan fingerprint density at radius 1 is 1.19 bits per heavy atom. The zero-order valence-corrected chi connectivity index (χ0v) is 9.93. The molecule has 3 heteroatoms. The van der Waals surface area contributed by atoms with Crippen LogP contribution in [0, 0.1) is 0 Å². The number of hydrogen-bond acceptors (Lipinski definition) is 3. The molecule has 0 saturated carbocycles. The Labute approximate surface area is 99.2 Å². The first kappa shape index (κ1) is 10.1. The smallest absolute Gasteiger partial charge is 0.0531 e. The predicted octanol–water partition coefficient (Wildman–Crippen LogP) is 3.49. The van der Waals surface area contributed by atoms with Crippen molar-refractivity contribution in [1.82, 2.24) is 0 Å². The summed E-state index contributed by atoms with van der Waals surface area (Å²) < 4.78 is 6.73. The van der Waals surface area contributed by atoms with Gasteiger partial charge in [0.25, 0.3) is 0 Å². The molecule has 16 heavy (non-hydrogen) atoms. The van der Waals surface area contributed by atoms with Crippen LogP contribution in [0.1, 0.15) is 12.8 Å². The number of nitrogens with one attached hydrogen (secondary N) is 1. The zero-order chi connectivity index (χ0) is 10.8. The number of anilines is 1. The van der Waals surface area contributed by atoms with Crippen molar-refractivity contribution in [3.05, 3.63) is 29.6 Å². The van der Waals surface area contributed by atoms with Gasteiger partial charge in [0.15, 0.2) is 0 Å². The van der Waals surface area contributed by atoms with E-state index in [0.717, 1.165) is 26.1 Å². The molecule has 0 atom stereocenters. The lowest BCUT2D eigenvalue weighted by molar-refractivity contribution is 0.0905. The van der Waals surface area contributed by atoms with Crippen LogP contribution >= 0.6 is 11.3 Å². The van der Waals surface area contributed by atoms with E-state index in [0.29, 0.717) is 6.04 Å². The maximum absolute atomic E-state index is 5.37. The molecule has 2 nitrogen and oxygen atoms in total. The summed E-state index contributed by atoms with van der Waals surface area (Å²) in [5.41, 5.74) is 1.28. The van der Waals surface area contributed by atoms with Gasteiger partial charge in [-0.3, -0.25) is 0 Å². The van der Waals surface area contributed by atoms with Crippen molar-refractivity contribution in [3.8, 4) is 0 Å². The first-order valence-corrected chi connectivity index (χ1v) is 6.62. The van der Waals surface area contributed by atoms with Crippen LogP contribution in [0.3, 0.4) is 0 Å². The SMILES string of the molecule is c1ccc2c(NC3CCOCC3)csc2c1. The predicted molar refractivity (Wildman–Crippen MR) is 69.3 cm³/mol. The third-order valence-electron chi connectivity index (χ3n) is 3.06. The maximum Gasteiger partial charge on any atom is 0.0531 e. The minimum absolute atomic E-state index is 0.576. The lowest BCUT2D eigenvalue weighted by Gasteiger charge is -2.23. The second-order valence-electron chi connectivity index (χ2n) is 4.18. The van der Waals surface area contributed by atoms with Crippen molar-refractivity contribution in [2.24, 2.45) is 0 Å². The van der Waals surface area contributed by atoms with Crippen LogP contribution in [0.2, 0.25) is 0 Å². The molecule has 84 valence electrons. The fraction of sp³-hybridized carbons (Fsp3) is 0.385. The van der Waals surface area contributed by atoms with Crippen LogP contribution in [0.4, 0.5) is 5.69 Å². The Morgan fingerprint density at radius 3 is 2.88 bits per heavy atom. The lowest BCUT2D eigenvalue weighted by atomic mass is 10.1. The quantitative estimate of drug-likeness (QED) is 0.857. The Hall–Kier alpha value is -1.06. The lowest BCUT2D eigenvalue weighted by Crippen LogP contribution is -2.27. The fourth-order valence-electron chi connectivity index (χ4n) is 2.15. The Bertz CT molecular complexity index is 473. The molecule has 0 aliphatic carbocycles. The summed E-state index contributed by atoms with van der Waals surface area (Å²) in [4.78, 5) is 0. The van der Waals surface area contributed by atoms with Gasteiger partial charge in [0, 0.05) is 34.7 Å². The first-order chi connectivity index (χ1) is 7.93. The minimum atomic E-state index is 0.576. The first-order valence-electron chi connectivity index (χ1n) is 5.74. The Balaban J connectivity index is 1.83. The van der Waals surface area contributed by atoms with Gasteiger partial charge in [0.2, 0.25) is 0 Å². The second kappa shape index (κ2) is 4.44. The highest BCUT2D eigenvalue weighted by molar-refractivity contribution is 7.17. The average molecular weight is 233 g/mol. The summed E-state index contributed by atoms with van der Waals surface area (Å²) in [6.07, 6.45) is 2.23. The van der Waals surface area contributed by atoms with E-state index in [1.807, 2.05) is 11.3 Å². The molecule has 1 aromatic carbocycles. The van der Waals surface area contributed by atoms with Gasteiger partial charge in [-0.1, -0.05) is 18.2 Å². The number of benzene rings is 1. The molecule has 1 aliphatic heterocycles. The average Bonchev–Trinajstić information content (AvgIpc) is 2.74. The zero-order valence-electron chi connectivity index (χ0n) is 9.11. The van der Waals surface area contributed by atoms with Crippen molar-refractivity contribution in [1.29, 1.82) is 0 Å². The topological polar surface area (TPSA) is 21.3 Å². The van der Waals surface area contributed by atoms with Crippen LogP contribution in [0.15, 0.2) is 29.6 Å². The van der Waals surface area contributed by atoms with E-state index in [-0.39, 0.29) is 0 Å². The largest absolute Gasteiger partial charge is 0.381 e. The van der Waals surface area contributed by atoms with Crippen molar-refractivity contribution in [2.45, 2.75) is 18.9 Å². The summed E-state index contributed by atoms with van der Waals surface area (Å²) in [7, 11) is 0. The third kappa shape index (κ3) is 1.93. The van der Waals surface area contributed by atoms with E-state index in [9.17, 15) is 0 Å². The molecular formula is C13H15NOS. The van der Waals surface area contributed by atoms with Crippen molar-refractivity contribution in [3.63, 3.8) is 0 Å². The van der Waals surface area contributed by atoms with Crippen LogP contribution < -0.4 is 5.32 Å². The van der Waals surface area contributed by atoms with E-state index in [2.05, 4.69) is 35.0 Å². The molecule has 1 fully saturated rings. The normalized spacial score (nSPS) is 17.8. The molecule has 0 bridgehead atoms. The molecule has 1 aliphatic rings. The number of ether oxygens (including phenoxy) is 1. The molecule has 0 radical (unpaired) electrons. The van der Waals surface area contributed by atoms with Gasteiger partial charge in [-0.25, -0.2) is 0 Å². The molecule has 3 rings (SSSR count). The number of rotatable bonds is 2. The Kier molecular flexibility index (Phi) is 2.80. The molecule has 2 aromatic rings. The highest BCUT2D eigenvalue weighted by atomic mass is 32.1. The number of hydrogen-bond donors (Lipinski definition) is 1. The summed E-state index contributed by atoms with van der Waals surface area (Å²) in [6.45, 7) is 1.78. The van der Waals surface area contributed by atoms with E-state index < -0.39 is 0 Å². The molecule has 1 saturated heterocycles. The number of thiophene rings is 1. The summed E-state index contributed by atoms with van der Waals surface area (Å²) in [5.74, 6) is 0. The molecule has 1 N–H and O–H groups in total. The van der Waals surface area contributed by atoms with Gasteiger partial charge in [0.1, 0.15) is 0 Å². The van der Waals surface area contributed by atoms with Gasteiger partial charge in [-0.15, -0.1) is 11.3 Å². The van der Waals surface area contributed by atoms with Crippen molar-refractivity contribution in [2.75, 3.05) is 18.5 Å². The molecule has 0 unspecified atom stereocenters. The van der Waals surface area contributed by atoms with Gasteiger partial charge < -0.3 is 10.1 Å². The minimum Gasteiger partial charge on any atom is -0.381 e. The summed E-state index contributed by atoms with van der Waals surface area (Å²) >= 11 is 1.81. The van der Waals surface area contributed by atoms with Gasteiger partial charge in [-0.05, 0) is 18.9 Å². The van der Waals surface area contributed by atoms with Crippen LogP contribution in [-0.2, 0) is 4.74 Å². The van der Waals surface area contributed by atoms with E-state index in [1.165, 1.54) is 15.8 Å². The monoisotopic (exact) mass is 233 g/mol. The molecular weight excluding hydrogens is 218 g/mol. The molecule has 2 heterocycles. The fourth-order valence-corrected chi connectivity index (χ4v) is 3.05. The summed E-state index contributed by atoms with van der Waals surface area (Å²) in [5, 5.41) is 7.20. The van der Waals surface area contributed by atoms with Crippen molar-refractivity contribution >= 4 is 27.1 Å². The maximum atomic E-state index is 5.37. The van der Waals surface area contributed by atoms with Crippen LogP contribution in [-0.4, -0.2) is 19.3 Å². The van der Waals surface area contributed by atoms with E-state index in [4.69, 9.17) is 4.74 Å². The van der Waals surface area contributed by atoms with E-state index >= 15 is 0 Å². The standard InChI is InChI=1S/C13H15NOS/c1-2-4-13-11(3-1)12(9-16-13)14-10-5-7-15-8-6-10/h1-4,9-10,14H,5-8H2. The van der Waals surface area contributed by atoms with Crippen LogP contribution in [0.5, 0.6) is 0 Å². The number of fused-ring (bicyclic) bond motifs is 1.